The molecule has 0 aromatic heterocycles. The van der Waals surface area contributed by atoms with Crippen molar-refractivity contribution in [3.8, 4) is 0 Å². The van der Waals surface area contributed by atoms with E-state index < -0.39 is 42.0 Å². The molecule has 2 aliphatic carbocycles. The van der Waals surface area contributed by atoms with Crippen LogP contribution in [-0.4, -0.2) is 39.9 Å². The first-order chi connectivity index (χ1) is 8.76. The Bertz CT molecular complexity index is 611. The molecule has 4 nitrogen and oxygen atoms in total. The van der Waals surface area contributed by atoms with E-state index in [0.29, 0.717) is 25.5 Å². The molecule has 0 saturated heterocycles. The topological polar surface area (TPSA) is 68.3 Å². The van der Waals surface area contributed by atoms with Crippen LogP contribution in [0.3, 0.4) is 0 Å². The van der Waals surface area contributed by atoms with Crippen LogP contribution in [0, 0.1) is 17.3 Å². The summed E-state index contributed by atoms with van der Waals surface area (Å²) >= 11 is 0. The zero-order chi connectivity index (χ0) is 15.6. The Balaban J connectivity index is 2.19. The predicted molar refractivity (Wildman–Crippen MR) is 72.0 cm³/mol. The molecular weight excluding hydrogens is 310 g/mol. The highest BCUT2D eigenvalue weighted by Gasteiger charge is 2.59. The highest BCUT2D eigenvalue weighted by Crippen LogP contribution is 2.60. The summed E-state index contributed by atoms with van der Waals surface area (Å²) in [7, 11) is -7.60. The Morgan fingerprint density at radius 3 is 2.05 bits per heavy atom. The Hall–Kier alpha value is -0.240. The van der Waals surface area contributed by atoms with Gasteiger partial charge in [-0.25, -0.2) is 16.8 Å². The number of alkyl halides is 2. The minimum Gasteiger partial charge on any atom is -0.229 e. The maximum absolute atomic E-state index is 13.8. The molecule has 2 rings (SSSR count). The Morgan fingerprint density at radius 1 is 1.15 bits per heavy atom. The van der Waals surface area contributed by atoms with Crippen molar-refractivity contribution in [2.45, 2.75) is 43.1 Å². The van der Waals surface area contributed by atoms with Crippen LogP contribution in [0.25, 0.3) is 0 Å². The molecule has 0 aliphatic heterocycles. The summed E-state index contributed by atoms with van der Waals surface area (Å²) in [6, 6.07) is 0. The second-order valence-corrected chi connectivity index (χ2v) is 11.1. The normalized spacial score (nSPS) is 38.4. The summed E-state index contributed by atoms with van der Waals surface area (Å²) in [5, 5.41) is -4.19. The number of fused-ring (bicyclic) bond motifs is 2. The van der Waals surface area contributed by atoms with Crippen molar-refractivity contribution >= 4 is 19.7 Å². The lowest BCUT2D eigenvalue weighted by molar-refractivity contribution is 0.0132. The third-order valence-corrected chi connectivity index (χ3v) is 7.95. The first-order valence-electron chi connectivity index (χ1n) is 6.52. The molecule has 0 radical (unpaired) electrons. The van der Waals surface area contributed by atoms with Crippen molar-refractivity contribution in [2.24, 2.45) is 17.3 Å². The molecule has 0 spiro atoms. The van der Waals surface area contributed by atoms with Gasteiger partial charge in [-0.15, -0.1) is 0 Å². The van der Waals surface area contributed by atoms with Gasteiger partial charge in [-0.05, 0) is 36.5 Å². The standard InChI is InChI=1S/C12H20F2O4S2/c1-11(7-12(13,14)20(3,17)18)6-8-4-9(11)5-10(8)19(2,15)16/h8-10H,4-7H2,1-3H3. The molecule has 0 aromatic rings. The van der Waals surface area contributed by atoms with E-state index in [1.54, 1.807) is 6.92 Å². The molecule has 0 amide bonds. The van der Waals surface area contributed by atoms with Crippen LogP contribution in [0.2, 0.25) is 0 Å². The van der Waals surface area contributed by atoms with Crippen molar-refractivity contribution in [2.75, 3.05) is 12.5 Å². The molecule has 0 aromatic carbocycles. The van der Waals surface area contributed by atoms with E-state index in [0.717, 1.165) is 0 Å². The maximum Gasteiger partial charge on any atom is 0.345 e. The van der Waals surface area contributed by atoms with Crippen molar-refractivity contribution in [3.63, 3.8) is 0 Å². The van der Waals surface area contributed by atoms with Gasteiger partial charge < -0.3 is 0 Å². The minimum absolute atomic E-state index is 0.115. The molecule has 4 unspecified atom stereocenters. The van der Waals surface area contributed by atoms with Gasteiger partial charge in [-0.3, -0.25) is 0 Å². The van der Waals surface area contributed by atoms with Crippen LogP contribution in [0.4, 0.5) is 8.78 Å². The van der Waals surface area contributed by atoms with Crippen LogP contribution in [0.15, 0.2) is 0 Å². The average molecular weight is 330 g/mol. The number of hydrogen-bond donors (Lipinski definition) is 0. The minimum atomic E-state index is -4.44. The van der Waals surface area contributed by atoms with Crippen molar-refractivity contribution in [1.82, 2.24) is 0 Å². The largest absolute Gasteiger partial charge is 0.345 e. The smallest absolute Gasteiger partial charge is 0.229 e. The van der Waals surface area contributed by atoms with E-state index in [4.69, 9.17) is 0 Å². The summed E-state index contributed by atoms with van der Waals surface area (Å²) in [5.74, 6) is -0.254. The van der Waals surface area contributed by atoms with Crippen molar-refractivity contribution < 1.29 is 25.6 Å². The lowest BCUT2D eigenvalue weighted by Gasteiger charge is -2.38. The third kappa shape index (κ3) is 2.61. The molecular formula is C12H20F2O4S2. The van der Waals surface area contributed by atoms with E-state index in [2.05, 4.69) is 0 Å². The summed E-state index contributed by atoms with van der Waals surface area (Å²) in [6.45, 7) is 1.66. The van der Waals surface area contributed by atoms with Gasteiger partial charge in [0.2, 0.25) is 9.84 Å². The molecule has 2 fully saturated rings. The molecule has 2 bridgehead atoms. The van der Waals surface area contributed by atoms with E-state index in [1.165, 1.54) is 6.26 Å². The van der Waals surface area contributed by atoms with E-state index in [1.807, 2.05) is 0 Å². The van der Waals surface area contributed by atoms with Crippen LogP contribution >= 0.6 is 0 Å². The van der Waals surface area contributed by atoms with Crippen molar-refractivity contribution in [1.29, 1.82) is 0 Å². The van der Waals surface area contributed by atoms with Gasteiger partial charge in [-0.2, -0.15) is 8.78 Å². The van der Waals surface area contributed by atoms with Gasteiger partial charge in [0.25, 0.3) is 0 Å². The first kappa shape index (κ1) is 16.1. The highest BCUT2D eigenvalue weighted by atomic mass is 32.2. The highest BCUT2D eigenvalue weighted by molar-refractivity contribution is 7.91. The fourth-order valence-electron chi connectivity index (χ4n) is 3.98. The summed E-state index contributed by atoms with van der Waals surface area (Å²) in [6.07, 6.45) is 2.36. The van der Waals surface area contributed by atoms with E-state index in [9.17, 15) is 25.6 Å². The molecule has 8 heteroatoms. The van der Waals surface area contributed by atoms with E-state index in [-0.39, 0.29) is 11.8 Å². The molecule has 118 valence electrons. The van der Waals surface area contributed by atoms with Crippen LogP contribution in [0.1, 0.15) is 32.6 Å². The van der Waals surface area contributed by atoms with Gasteiger partial charge in [-0.1, -0.05) is 6.92 Å². The second kappa shape index (κ2) is 4.38. The fraction of sp³-hybridized carbons (Fsp3) is 1.00. The maximum atomic E-state index is 13.8. The number of sulfone groups is 2. The third-order valence-electron chi connectivity index (χ3n) is 5.05. The van der Waals surface area contributed by atoms with Crippen LogP contribution < -0.4 is 0 Å². The summed E-state index contributed by atoms with van der Waals surface area (Å²) in [4.78, 5) is 0. The van der Waals surface area contributed by atoms with Crippen LogP contribution in [-0.2, 0) is 19.7 Å². The average Bonchev–Trinajstić information content (AvgIpc) is 2.69. The fourth-order valence-corrected chi connectivity index (χ4v) is 6.06. The lowest BCUT2D eigenvalue weighted by Crippen LogP contribution is -2.40. The predicted octanol–water partition coefficient (Wildman–Crippen LogP) is 1.86. The van der Waals surface area contributed by atoms with Crippen molar-refractivity contribution in [3.05, 3.63) is 0 Å². The van der Waals surface area contributed by atoms with Gasteiger partial charge in [0, 0.05) is 18.9 Å². The van der Waals surface area contributed by atoms with Gasteiger partial charge >= 0.3 is 5.25 Å². The quantitative estimate of drug-likeness (QED) is 0.789. The van der Waals surface area contributed by atoms with Gasteiger partial charge in [0.15, 0.2) is 9.84 Å². The first-order valence-corrected chi connectivity index (χ1v) is 10.4. The molecule has 4 atom stereocenters. The lowest BCUT2D eigenvalue weighted by atomic mass is 9.72. The molecule has 2 aliphatic rings. The SMILES string of the molecule is CC1(CC(F)(F)S(C)(=O)=O)CC2CC1CC2S(C)(=O)=O. The molecule has 20 heavy (non-hydrogen) atoms. The zero-order valence-corrected chi connectivity index (χ0v) is 13.4. The molecule has 0 N–H and O–H groups in total. The number of halogens is 2. The number of rotatable bonds is 4. The Kier molecular flexibility index (Phi) is 3.53. The van der Waals surface area contributed by atoms with Gasteiger partial charge in [0.05, 0.1) is 5.25 Å². The second-order valence-electron chi connectivity index (χ2n) is 6.74. The molecule has 0 heterocycles. The summed E-state index contributed by atoms with van der Waals surface area (Å²) < 4.78 is 73.2. The number of hydrogen-bond acceptors (Lipinski definition) is 4. The van der Waals surface area contributed by atoms with E-state index >= 15 is 0 Å². The summed E-state index contributed by atoms with van der Waals surface area (Å²) in [5.41, 5.74) is -0.793. The Labute approximate surface area is 118 Å². The van der Waals surface area contributed by atoms with Gasteiger partial charge in [0.1, 0.15) is 0 Å². The Morgan fingerprint density at radius 2 is 1.70 bits per heavy atom. The monoisotopic (exact) mass is 330 g/mol. The van der Waals surface area contributed by atoms with Crippen LogP contribution in [0.5, 0.6) is 0 Å². The molecule has 2 saturated carbocycles. The zero-order valence-electron chi connectivity index (χ0n) is 11.8.